The Morgan fingerprint density at radius 2 is 1.66 bits per heavy atom. The lowest BCUT2D eigenvalue weighted by molar-refractivity contribution is -0.384. The monoisotopic (exact) mass is 416 g/mol. The molecule has 0 N–H and O–H groups in total. The van der Waals surface area contributed by atoms with E-state index in [1.165, 1.54) is 30.3 Å². The van der Waals surface area contributed by atoms with Crippen molar-refractivity contribution in [1.29, 1.82) is 0 Å². The molecule has 29 heavy (non-hydrogen) atoms. The van der Waals surface area contributed by atoms with E-state index in [9.17, 15) is 18.9 Å². The average molecular weight is 416 g/mol. The minimum Gasteiger partial charge on any atom is -0.359 e. The van der Waals surface area contributed by atoms with E-state index in [1.807, 2.05) is 18.7 Å². The van der Waals surface area contributed by atoms with Crippen LogP contribution in [0, 0.1) is 28.7 Å². The number of halogens is 2. The molecule has 0 bridgehead atoms. The standard InChI is InChI=1S/C22H22F2N2O2S/c1-4-17-14(3)21(15-9-11-16(12-10-15)26(27)28)29-22(17)25(5-2)13-18-19(23)7-6-8-20(18)24/h6-12H,4-5,13H2,1-3H3. The minimum atomic E-state index is -0.551. The normalized spacial score (nSPS) is 10.9. The van der Waals surface area contributed by atoms with Crippen LogP contribution in [0.1, 0.15) is 30.5 Å². The van der Waals surface area contributed by atoms with E-state index in [4.69, 9.17) is 0 Å². The fourth-order valence-electron chi connectivity index (χ4n) is 3.42. The molecule has 4 nitrogen and oxygen atoms in total. The Labute approximate surface area is 172 Å². The summed E-state index contributed by atoms with van der Waals surface area (Å²) in [5.74, 6) is -1.10. The molecule has 3 aromatic rings. The molecule has 7 heteroatoms. The molecule has 0 radical (unpaired) electrons. The molecule has 0 saturated carbocycles. The first-order valence-corrected chi connectivity index (χ1v) is 10.2. The van der Waals surface area contributed by atoms with Crippen molar-refractivity contribution in [2.45, 2.75) is 33.7 Å². The van der Waals surface area contributed by atoms with Crippen molar-refractivity contribution in [3.05, 3.63) is 80.9 Å². The molecule has 0 saturated heterocycles. The highest BCUT2D eigenvalue weighted by molar-refractivity contribution is 7.19. The number of thiophene rings is 1. The Morgan fingerprint density at radius 3 is 2.17 bits per heavy atom. The van der Waals surface area contributed by atoms with Crippen LogP contribution in [0.3, 0.4) is 0 Å². The lowest BCUT2D eigenvalue weighted by Crippen LogP contribution is -2.23. The minimum absolute atomic E-state index is 0.0455. The van der Waals surface area contributed by atoms with E-state index >= 15 is 0 Å². The zero-order valence-electron chi connectivity index (χ0n) is 16.5. The maximum absolute atomic E-state index is 14.2. The molecule has 0 fully saturated rings. The van der Waals surface area contributed by atoms with Gasteiger partial charge in [-0.15, -0.1) is 11.3 Å². The van der Waals surface area contributed by atoms with Crippen LogP contribution in [-0.4, -0.2) is 11.5 Å². The van der Waals surface area contributed by atoms with Crippen molar-refractivity contribution >= 4 is 22.0 Å². The maximum atomic E-state index is 14.2. The highest BCUT2D eigenvalue weighted by Crippen LogP contribution is 2.43. The van der Waals surface area contributed by atoms with E-state index in [2.05, 4.69) is 6.92 Å². The third kappa shape index (κ3) is 4.15. The van der Waals surface area contributed by atoms with Crippen molar-refractivity contribution in [3.8, 4) is 10.4 Å². The summed E-state index contributed by atoms with van der Waals surface area (Å²) < 4.78 is 28.4. The molecular formula is C22H22F2N2O2S. The van der Waals surface area contributed by atoms with Crippen LogP contribution in [0.5, 0.6) is 0 Å². The number of nitrogens with zero attached hydrogens (tertiary/aromatic N) is 2. The van der Waals surface area contributed by atoms with Crippen LogP contribution in [0.4, 0.5) is 19.5 Å². The number of nitro benzene ring substituents is 1. The van der Waals surface area contributed by atoms with Crippen molar-refractivity contribution in [2.75, 3.05) is 11.4 Å². The molecule has 0 aliphatic rings. The summed E-state index contributed by atoms with van der Waals surface area (Å²) in [6, 6.07) is 10.4. The van der Waals surface area contributed by atoms with Crippen molar-refractivity contribution < 1.29 is 13.7 Å². The molecule has 0 atom stereocenters. The third-order valence-corrected chi connectivity index (χ3v) is 6.47. The van der Waals surface area contributed by atoms with Gasteiger partial charge in [0.2, 0.25) is 0 Å². The molecule has 0 unspecified atom stereocenters. The Balaban J connectivity index is 2.02. The van der Waals surface area contributed by atoms with Gasteiger partial charge in [-0.3, -0.25) is 10.1 Å². The molecular weight excluding hydrogens is 394 g/mol. The predicted molar refractivity (Wildman–Crippen MR) is 114 cm³/mol. The number of hydrogen-bond donors (Lipinski definition) is 0. The van der Waals surface area contributed by atoms with E-state index in [0.29, 0.717) is 6.54 Å². The van der Waals surface area contributed by atoms with Crippen LogP contribution in [-0.2, 0) is 13.0 Å². The van der Waals surface area contributed by atoms with Crippen LogP contribution in [0.25, 0.3) is 10.4 Å². The van der Waals surface area contributed by atoms with Gasteiger partial charge in [-0.25, -0.2) is 8.78 Å². The molecule has 1 heterocycles. The Hall–Kier alpha value is -2.80. The smallest absolute Gasteiger partial charge is 0.269 e. The summed E-state index contributed by atoms with van der Waals surface area (Å²) in [4.78, 5) is 13.5. The predicted octanol–water partition coefficient (Wildman–Crippen LogP) is 6.50. The molecule has 0 aliphatic heterocycles. The SMILES string of the molecule is CCc1c(N(CC)Cc2c(F)cccc2F)sc(-c2ccc([N+](=O)[O-])cc2)c1C. The number of hydrogen-bond acceptors (Lipinski definition) is 4. The van der Waals surface area contributed by atoms with Gasteiger partial charge in [-0.1, -0.05) is 13.0 Å². The topological polar surface area (TPSA) is 46.4 Å². The van der Waals surface area contributed by atoms with Gasteiger partial charge in [-0.2, -0.15) is 0 Å². The quantitative estimate of drug-likeness (QED) is 0.326. The highest BCUT2D eigenvalue weighted by atomic mass is 32.1. The summed E-state index contributed by atoms with van der Waals surface area (Å²) >= 11 is 1.55. The molecule has 0 amide bonds. The van der Waals surface area contributed by atoms with Gasteiger partial charge in [0.25, 0.3) is 5.69 Å². The zero-order chi connectivity index (χ0) is 21.1. The average Bonchev–Trinajstić information content (AvgIpc) is 3.04. The Bertz CT molecular complexity index is 1010. The first-order chi connectivity index (χ1) is 13.9. The Kier molecular flexibility index (Phi) is 6.27. The second-order valence-electron chi connectivity index (χ2n) is 6.71. The van der Waals surface area contributed by atoms with Gasteiger partial charge in [0.05, 0.1) is 9.92 Å². The summed E-state index contributed by atoms with van der Waals surface area (Å²) in [5, 5.41) is 11.9. The van der Waals surface area contributed by atoms with Crippen molar-refractivity contribution in [1.82, 2.24) is 0 Å². The summed E-state index contributed by atoms with van der Waals surface area (Å²) in [7, 11) is 0. The fourth-order valence-corrected chi connectivity index (χ4v) is 4.88. The fraction of sp³-hybridized carbons (Fsp3) is 0.273. The van der Waals surface area contributed by atoms with E-state index in [0.717, 1.165) is 33.0 Å². The zero-order valence-corrected chi connectivity index (χ0v) is 17.4. The van der Waals surface area contributed by atoms with E-state index in [1.54, 1.807) is 23.5 Å². The van der Waals surface area contributed by atoms with E-state index in [-0.39, 0.29) is 17.8 Å². The van der Waals surface area contributed by atoms with Gasteiger partial charge in [-0.05, 0) is 61.2 Å². The number of nitro groups is 1. The van der Waals surface area contributed by atoms with Gasteiger partial charge < -0.3 is 4.90 Å². The van der Waals surface area contributed by atoms with Crippen LogP contribution in [0.2, 0.25) is 0 Å². The summed E-state index contributed by atoms with van der Waals surface area (Å²) in [6.45, 7) is 6.77. The molecule has 152 valence electrons. The molecule has 2 aromatic carbocycles. The van der Waals surface area contributed by atoms with Crippen molar-refractivity contribution in [3.63, 3.8) is 0 Å². The van der Waals surface area contributed by atoms with Gasteiger partial charge >= 0.3 is 0 Å². The van der Waals surface area contributed by atoms with Gasteiger partial charge in [0.1, 0.15) is 11.6 Å². The number of anilines is 1. The van der Waals surface area contributed by atoms with Crippen molar-refractivity contribution in [2.24, 2.45) is 0 Å². The molecule has 0 spiro atoms. The van der Waals surface area contributed by atoms with Crippen LogP contribution in [0.15, 0.2) is 42.5 Å². The van der Waals surface area contributed by atoms with Gasteiger partial charge in [0.15, 0.2) is 0 Å². The van der Waals surface area contributed by atoms with Crippen LogP contribution < -0.4 is 4.90 Å². The van der Waals surface area contributed by atoms with Crippen LogP contribution >= 0.6 is 11.3 Å². The molecule has 0 aliphatic carbocycles. The largest absolute Gasteiger partial charge is 0.359 e. The Morgan fingerprint density at radius 1 is 1.03 bits per heavy atom. The molecule has 3 rings (SSSR count). The maximum Gasteiger partial charge on any atom is 0.269 e. The first-order valence-electron chi connectivity index (χ1n) is 9.42. The third-order valence-electron chi connectivity index (χ3n) is 5.02. The summed E-state index contributed by atoms with van der Waals surface area (Å²) in [5.41, 5.74) is 3.21. The first kappa shape index (κ1) is 20.9. The second-order valence-corrected chi connectivity index (χ2v) is 7.71. The lowest BCUT2D eigenvalue weighted by Gasteiger charge is -2.23. The second kappa shape index (κ2) is 8.69. The number of rotatable bonds is 7. The number of non-ortho nitro benzene ring substituents is 1. The summed E-state index contributed by atoms with van der Waals surface area (Å²) in [6.07, 6.45) is 0.779. The number of benzene rings is 2. The molecule has 1 aromatic heterocycles. The van der Waals surface area contributed by atoms with Gasteiger partial charge in [0, 0.05) is 35.7 Å². The lowest BCUT2D eigenvalue weighted by atomic mass is 10.0. The highest BCUT2D eigenvalue weighted by Gasteiger charge is 2.21. The van der Waals surface area contributed by atoms with E-state index < -0.39 is 16.6 Å².